The SMILES string of the molecule is Cc1cc(CC(NN)c2cccc(Br)c2Cl)n(C)n1. The molecule has 1 aromatic heterocycles. The van der Waals surface area contributed by atoms with E-state index in [4.69, 9.17) is 17.4 Å². The predicted octanol–water partition coefficient (Wildman–Crippen LogP) is 2.89. The largest absolute Gasteiger partial charge is 0.272 e. The lowest BCUT2D eigenvalue weighted by molar-refractivity contribution is 0.530. The number of nitrogens with one attached hydrogen (secondary N) is 1. The smallest absolute Gasteiger partial charge is 0.0596 e. The minimum Gasteiger partial charge on any atom is -0.272 e. The van der Waals surface area contributed by atoms with Gasteiger partial charge in [-0.1, -0.05) is 23.7 Å². The van der Waals surface area contributed by atoms with Crippen LogP contribution < -0.4 is 11.3 Å². The van der Waals surface area contributed by atoms with Gasteiger partial charge in [-0.3, -0.25) is 16.0 Å². The first-order chi connectivity index (χ1) is 9.02. The molecule has 3 N–H and O–H groups in total. The highest BCUT2D eigenvalue weighted by Crippen LogP contribution is 2.31. The molecule has 2 aromatic rings. The van der Waals surface area contributed by atoms with E-state index in [0.717, 1.165) is 27.8 Å². The summed E-state index contributed by atoms with van der Waals surface area (Å²) in [6.07, 6.45) is 0.726. The number of hydrogen-bond acceptors (Lipinski definition) is 3. The standard InChI is InChI=1S/C13H16BrClN4/c1-8-6-9(19(2)18-8)7-12(17-16)10-4-3-5-11(14)13(10)15/h3-6,12,17H,7,16H2,1-2H3. The van der Waals surface area contributed by atoms with Crippen molar-refractivity contribution in [2.75, 3.05) is 0 Å². The molecule has 0 radical (unpaired) electrons. The molecule has 1 atom stereocenters. The first-order valence-corrected chi connectivity index (χ1v) is 7.09. The number of hydrazine groups is 1. The van der Waals surface area contributed by atoms with Crippen molar-refractivity contribution in [1.29, 1.82) is 0 Å². The van der Waals surface area contributed by atoms with Gasteiger partial charge in [-0.25, -0.2) is 0 Å². The molecule has 1 unspecified atom stereocenters. The number of benzene rings is 1. The molecule has 1 aromatic carbocycles. The van der Waals surface area contributed by atoms with Crippen molar-refractivity contribution in [2.45, 2.75) is 19.4 Å². The Bertz CT molecular complexity index is 582. The average Bonchev–Trinajstić information content (AvgIpc) is 2.68. The summed E-state index contributed by atoms with van der Waals surface area (Å²) < 4.78 is 2.74. The molecule has 102 valence electrons. The van der Waals surface area contributed by atoms with Gasteiger partial charge in [0.05, 0.1) is 16.8 Å². The monoisotopic (exact) mass is 342 g/mol. The molecule has 0 aliphatic carbocycles. The van der Waals surface area contributed by atoms with E-state index in [1.165, 1.54) is 0 Å². The molecule has 19 heavy (non-hydrogen) atoms. The highest BCUT2D eigenvalue weighted by Gasteiger charge is 2.17. The minimum atomic E-state index is -0.0557. The maximum atomic E-state index is 6.31. The van der Waals surface area contributed by atoms with Gasteiger partial charge in [0.25, 0.3) is 0 Å². The van der Waals surface area contributed by atoms with Gasteiger partial charge in [0.1, 0.15) is 0 Å². The average molecular weight is 344 g/mol. The van der Waals surface area contributed by atoms with Gasteiger partial charge in [-0.05, 0) is 40.5 Å². The van der Waals surface area contributed by atoms with Crippen LogP contribution in [0.5, 0.6) is 0 Å². The van der Waals surface area contributed by atoms with Crippen molar-refractivity contribution < 1.29 is 0 Å². The Balaban J connectivity index is 2.30. The van der Waals surface area contributed by atoms with E-state index in [-0.39, 0.29) is 6.04 Å². The van der Waals surface area contributed by atoms with Gasteiger partial charge in [0.2, 0.25) is 0 Å². The Morgan fingerprint density at radius 2 is 2.26 bits per heavy atom. The molecule has 1 heterocycles. The van der Waals surface area contributed by atoms with Crippen molar-refractivity contribution in [1.82, 2.24) is 15.2 Å². The number of aryl methyl sites for hydroxylation is 2. The van der Waals surface area contributed by atoms with Gasteiger partial charge in [0, 0.05) is 23.6 Å². The van der Waals surface area contributed by atoms with Gasteiger partial charge in [0.15, 0.2) is 0 Å². The molecular formula is C13H16BrClN4. The third-order valence-electron chi connectivity index (χ3n) is 3.07. The van der Waals surface area contributed by atoms with Crippen molar-refractivity contribution in [2.24, 2.45) is 12.9 Å². The normalized spacial score (nSPS) is 12.7. The Labute approximate surface area is 126 Å². The quantitative estimate of drug-likeness (QED) is 0.663. The van der Waals surface area contributed by atoms with Crippen LogP contribution in [0.3, 0.4) is 0 Å². The van der Waals surface area contributed by atoms with Crippen molar-refractivity contribution in [3.05, 3.63) is 50.7 Å². The Hall–Kier alpha value is -0.880. The zero-order valence-corrected chi connectivity index (χ0v) is 13.2. The first kappa shape index (κ1) is 14.5. The molecule has 4 nitrogen and oxygen atoms in total. The lowest BCUT2D eigenvalue weighted by Crippen LogP contribution is -2.30. The highest BCUT2D eigenvalue weighted by atomic mass is 79.9. The summed E-state index contributed by atoms with van der Waals surface area (Å²) in [4.78, 5) is 0. The molecule has 0 aliphatic rings. The van der Waals surface area contributed by atoms with Crippen LogP contribution in [0, 0.1) is 6.92 Å². The van der Waals surface area contributed by atoms with Crippen LogP contribution in [0.4, 0.5) is 0 Å². The summed E-state index contributed by atoms with van der Waals surface area (Å²) in [6.45, 7) is 1.97. The van der Waals surface area contributed by atoms with Crippen LogP contribution >= 0.6 is 27.5 Å². The van der Waals surface area contributed by atoms with E-state index in [9.17, 15) is 0 Å². The van der Waals surface area contributed by atoms with Gasteiger partial charge in [-0.2, -0.15) is 5.10 Å². The van der Waals surface area contributed by atoms with Crippen LogP contribution in [-0.4, -0.2) is 9.78 Å². The second kappa shape index (κ2) is 6.05. The maximum Gasteiger partial charge on any atom is 0.0596 e. The Morgan fingerprint density at radius 3 is 2.84 bits per heavy atom. The number of aromatic nitrogens is 2. The fourth-order valence-corrected chi connectivity index (χ4v) is 2.75. The molecule has 6 heteroatoms. The second-order valence-electron chi connectivity index (χ2n) is 4.47. The fourth-order valence-electron chi connectivity index (χ4n) is 2.11. The zero-order valence-electron chi connectivity index (χ0n) is 10.8. The van der Waals surface area contributed by atoms with E-state index >= 15 is 0 Å². The van der Waals surface area contributed by atoms with E-state index in [0.29, 0.717) is 5.02 Å². The molecular weight excluding hydrogens is 328 g/mol. The highest BCUT2D eigenvalue weighted by molar-refractivity contribution is 9.10. The number of nitrogens with zero attached hydrogens (tertiary/aromatic N) is 2. The van der Waals surface area contributed by atoms with Gasteiger partial charge < -0.3 is 0 Å². The van der Waals surface area contributed by atoms with Crippen LogP contribution in [-0.2, 0) is 13.5 Å². The van der Waals surface area contributed by atoms with Gasteiger partial charge in [-0.15, -0.1) is 0 Å². The summed E-state index contributed by atoms with van der Waals surface area (Å²) in [5, 5.41) is 5.02. The topological polar surface area (TPSA) is 55.9 Å². The number of nitrogens with two attached hydrogens (primary N) is 1. The molecule has 0 saturated heterocycles. The summed E-state index contributed by atoms with van der Waals surface area (Å²) in [7, 11) is 1.93. The van der Waals surface area contributed by atoms with E-state index in [1.54, 1.807) is 0 Å². The Morgan fingerprint density at radius 1 is 1.53 bits per heavy atom. The summed E-state index contributed by atoms with van der Waals surface area (Å²) >= 11 is 9.74. The summed E-state index contributed by atoms with van der Waals surface area (Å²) in [6, 6.07) is 7.83. The molecule has 0 saturated carbocycles. The lowest BCUT2D eigenvalue weighted by Gasteiger charge is -2.18. The van der Waals surface area contributed by atoms with Crippen LogP contribution in [0.15, 0.2) is 28.7 Å². The fraction of sp³-hybridized carbons (Fsp3) is 0.308. The van der Waals surface area contributed by atoms with Gasteiger partial charge >= 0.3 is 0 Å². The van der Waals surface area contributed by atoms with E-state index in [2.05, 4.69) is 32.5 Å². The first-order valence-electron chi connectivity index (χ1n) is 5.92. The van der Waals surface area contributed by atoms with E-state index < -0.39 is 0 Å². The number of hydrogen-bond donors (Lipinski definition) is 2. The Kier molecular flexibility index (Phi) is 4.62. The van der Waals surface area contributed by atoms with Crippen LogP contribution in [0.2, 0.25) is 5.02 Å². The molecule has 2 rings (SSSR count). The zero-order chi connectivity index (χ0) is 14.0. The second-order valence-corrected chi connectivity index (χ2v) is 5.70. The third kappa shape index (κ3) is 3.17. The minimum absolute atomic E-state index is 0.0557. The van der Waals surface area contributed by atoms with Crippen molar-refractivity contribution >= 4 is 27.5 Å². The number of rotatable bonds is 4. The third-order valence-corrected chi connectivity index (χ3v) is 4.38. The van der Waals surface area contributed by atoms with Crippen LogP contribution in [0.25, 0.3) is 0 Å². The summed E-state index contributed by atoms with van der Waals surface area (Å²) in [5.41, 5.74) is 5.90. The molecule has 0 spiro atoms. The molecule has 0 bridgehead atoms. The maximum absolute atomic E-state index is 6.31. The molecule has 0 amide bonds. The van der Waals surface area contributed by atoms with Crippen LogP contribution in [0.1, 0.15) is 23.0 Å². The van der Waals surface area contributed by atoms with Crippen molar-refractivity contribution in [3.63, 3.8) is 0 Å². The number of halogens is 2. The van der Waals surface area contributed by atoms with Crippen molar-refractivity contribution in [3.8, 4) is 0 Å². The summed E-state index contributed by atoms with van der Waals surface area (Å²) in [5.74, 6) is 5.67. The predicted molar refractivity (Wildman–Crippen MR) is 80.9 cm³/mol. The molecule has 0 aliphatic heterocycles. The van der Waals surface area contributed by atoms with E-state index in [1.807, 2.05) is 36.9 Å². The molecule has 0 fully saturated rings. The lowest BCUT2D eigenvalue weighted by atomic mass is 10.0.